The quantitative estimate of drug-likeness (QED) is 0.743. The van der Waals surface area contributed by atoms with E-state index in [1.807, 2.05) is 36.1 Å². The van der Waals surface area contributed by atoms with Gasteiger partial charge in [-0.2, -0.15) is 4.31 Å². The lowest BCUT2D eigenvalue weighted by atomic mass is 10.2. The van der Waals surface area contributed by atoms with Crippen molar-refractivity contribution in [1.82, 2.24) is 14.2 Å². The number of likely N-dealkylation sites (N-methyl/N-ethyl adjacent to an activating group) is 1. The van der Waals surface area contributed by atoms with Crippen LogP contribution in [-0.2, 0) is 14.8 Å². The molecular formula is C20H26N4O3S. The Kier molecular flexibility index (Phi) is 6.00. The number of hydrogen-bond donors (Lipinski definition) is 0. The minimum absolute atomic E-state index is 0.0444. The van der Waals surface area contributed by atoms with Crippen LogP contribution in [0.1, 0.15) is 25.3 Å². The van der Waals surface area contributed by atoms with Crippen molar-refractivity contribution in [3.8, 4) is 0 Å². The van der Waals surface area contributed by atoms with E-state index in [0.29, 0.717) is 12.4 Å². The molecule has 8 heteroatoms. The molecule has 150 valence electrons. The molecule has 1 aliphatic rings. The van der Waals surface area contributed by atoms with Crippen LogP contribution in [0.25, 0.3) is 0 Å². The minimum atomic E-state index is -3.80. The van der Waals surface area contributed by atoms with Gasteiger partial charge in [-0.05, 0) is 37.6 Å². The first-order valence-corrected chi connectivity index (χ1v) is 10.8. The predicted molar refractivity (Wildman–Crippen MR) is 109 cm³/mol. The summed E-state index contributed by atoms with van der Waals surface area (Å²) in [5.41, 5.74) is 1.94. The minimum Gasteiger partial charge on any atom is -0.345 e. The molecule has 1 aliphatic heterocycles. The largest absolute Gasteiger partial charge is 0.345 e. The normalized spacial score (nSPS) is 15.9. The molecule has 0 aliphatic carbocycles. The van der Waals surface area contributed by atoms with Gasteiger partial charge in [-0.1, -0.05) is 31.0 Å². The third-order valence-electron chi connectivity index (χ3n) is 4.85. The van der Waals surface area contributed by atoms with Crippen LogP contribution in [0.5, 0.6) is 0 Å². The van der Waals surface area contributed by atoms with E-state index in [9.17, 15) is 13.2 Å². The highest BCUT2D eigenvalue weighted by atomic mass is 32.2. The van der Waals surface area contributed by atoms with Gasteiger partial charge >= 0.3 is 0 Å². The van der Waals surface area contributed by atoms with Crippen molar-refractivity contribution in [2.75, 3.05) is 31.7 Å². The van der Waals surface area contributed by atoms with E-state index in [4.69, 9.17) is 0 Å². The molecule has 0 unspecified atom stereocenters. The summed E-state index contributed by atoms with van der Waals surface area (Å²) in [7, 11) is -2.09. The van der Waals surface area contributed by atoms with E-state index < -0.39 is 10.0 Å². The van der Waals surface area contributed by atoms with E-state index in [2.05, 4.69) is 11.9 Å². The summed E-state index contributed by atoms with van der Waals surface area (Å²) in [6.07, 6.45) is 3.44. The fraction of sp³-hybridized carbons (Fsp3) is 0.400. The second-order valence-electron chi connectivity index (χ2n) is 7.01. The van der Waals surface area contributed by atoms with Crippen molar-refractivity contribution >= 4 is 27.4 Å². The highest BCUT2D eigenvalue weighted by molar-refractivity contribution is 7.89. The van der Waals surface area contributed by atoms with E-state index in [0.717, 1.165) is 24.1 Å². The monoisotopic (exact) mass is 402 g/mol. The summed E-state index contributed by atoms with van der Waals surface area (Å²) in [6.45, 7) is 4.51. The fourth-order valence-electron chi connectivity index (χ4n) is 3.08. The Hall–Kier alpha value is -2.45. The highest BCUT2D eigenvalue weighted by Crippen LogP contribution is 2.35. The Balaban J connectivity index is 1.94. The number of benzene rings is 1. The molecule has 3 rings (SSSR count). The predicted octanol–water partition coefficient (Wildman–Crippen LogP) is 2.75. The third kappa shape index (κ3) is 4.02. The zero-order valence-electron chi connectivity index (χ0n) is 16.5. The number of anilines is 2. The summed E-state index contributed by atoms with van der Waals surface area (Å²) in [6, 6.07) is 10.9. The number of pyridine rings is 1. The zero-order chi connectivity index (χ0) is 20.3. The van der Waals surface area contributed by atoms with Gasteiger partial charge in [-0.15, -0.1) is 0 Å². The zero-order valence-corrected chi connectivity index (χ0v) is 17.3. The molecule has 0 spiro atoms. The first kappa shape index (κ1) is 20.3. The first-order chi connectivity index (χ1) is 13.3. The number of fused-ring (bicyclic) bond motifs is 1. The van der Waals surface area contributed by atoms with E-state index in [-0.39, 0.29) is 24.0 Å². The Morgan fingerprint density at radius 3 is 2.61 bits per heavy atom. The van der Waals surface area contributed by atoms with Crippen molar-refractivity contribution in [2.24, 2.45) is 0 Å². The number of carbonyl (C=O) groups excluding carboxylic acids is 1. The SMILES string of the molecule is CCCCN(C)C(=O)CN1CN(c2ccc(C)cc2)c2ncccc2S1(=O)=O. The lowest BCUT2D eigenvalue weighted by Crippen LogP contribution is -2.49. The van der Waals surface area contributed by atoms with E-state index in [1.165, 1.54) is 10.4 Å². The maximum absolute atomic E-state index is 13.1. The van der Waals surface area contributed by atoms with Gasteiger partial charge in [0.05, 0.1) is 13.2 Å². The molecule has 2 heterocycles. The molecule has 2 aromatic rings. The van der Waals surface area contributed by atoms with Gasteiger partial charge in [0, 0.05) is 25.5 Å². The van der Waals surface area contributed by atoms with Gasteiger partial charge in [-0.25, -0.2) is 13.4 Å². The van der Waals surface area contributed by atoms with Crippen LogP contribution in [0, 0.1) is 6.92 Å². The summed E-state index contributed by atoms with van der Waals surface area (Å²) < 4.78 is 27.4. The molecule has 1 aromatic heterocycles. The fourth-order valence-corrected chi connectivity index (χ4v) is 4.55. The van der Waals surface area contributed by atoms with Gasteiger partial charge in [-0.3, -0.25) is 4.79 Å². The number of rotatable bonds is 6. The summed E-state index contributed by atoms with van der Waals surface area (Å²) >= 11 is 0. The van der Waals surface area contributed by atoms with Crippen molar-refractivity contribution in [1.29, 1.82) is 0 Å². The van der Waals surface area contributed by atoms with Gasteiger partial charge in [0.1, 0.15) is 4.90 Å². The summed E-state index contributed by atoms with van der Waals surface area (Å²) in [5.74, 6) is 0.169. The summed E-state index contributed by atoms with van der Waals surface area (Å²) in [5, 5.41) is 0. The molecule has 1 aromatic carbocycles. The van der Waals surface area contributed by atoms with Crippen LogP contribution in [0.2, 0.25) is 0 Å². The number of amides is 1. The second kappa shape index (κ2) is 8.28. The molecule has 7 nitrogen and oxygen atoms in total. The Labute approximate surface area is 166 Å². The molecule has 0 N–H and O–H groups in total. The number of aryl methyl sites for hydroxylation is 1. The van der Waals surface area contributed by atoms with Gasteiger partial charge in [0.2, 0.25) is 15.9 Å². The molecule has 0 fully saturated rings. The Morgan fingerprint density at radius 2 is 1.93 bits per heavy atom. The van der Waals surface area contributed by atoms with Crippen LogP contribution >= 0.6 is 0 Å². The molecule has 28 heavy (non-hydrogen) atoms. The highest BCUT2D eigenvalue weighted by Gasteiger charge is 2.38. The van der Waals surface area contributed by atoms with Crippen LogP contribution in [0.15, 0.2) is 47.5 Å². The lowest BCUT2D eigenvalue weighted by molar-refractivity contribution is -0.130. The van der Waals surface area contributed by atoms with Crippen molar-refractivity contribution in [3.63, 3.8) is 0 Å². The maximum atomic E-state index is 13.1. The molecule has 1 amide bonds. The lowest BCUT2D eigenvalue weighted by Gasteiger charge is -2.36. The molecule has 0 saturated carbocycles. The molecule has 0 atom stereocenters. The second-order valence-corrected chi connectivity index (χ2v) is 8.92. The van der Waals surface area contributed by atoms with E-state index in [1.54, 1.807) is 24.2 Å². The molecular weight excluding hydrogens is 376 g/mol. The smallest absolute Gasteiger partial charge is 0.248 e. The Morgan fingerprint density at radius 1 is 1.21 bits per heavy atom. The number of sulfonamides is 1. The number of carbonyl (C=O) groups is 1. The number of hydrogen-bond acceptors (Lipinski definition) is 5. The average Bonchev–Trinajstić information content (AvgIpc) is 2.69. The average molecular weight is 403 g/mol. The molecule has 0 bridgehead atoms. The molecule has 0 radical (unpaired) electrons. The van der Waals surface area contributed by atoms with Crippen LogP contribution in [0.4, 0.5) is 11.5 Å². The molecule has 0 saturated heterocycles. The van der Waals surface area contributed by atoms with Crippen molar-refractivity contribution < 1.29 is 13.2 Å². The van der Waals surface area contributed by atoms with Gasteiger partial charge < -0.3 is 9.80 Å². The van der Waals surface area contributed by atoms with Crippen molar-refractivity contribution in [3.05, 3.63) is 48.2 Å². The Bertz CT molecular complexity index is 944. The topological polar surface area (TPSA) is 73.8 Å². The first-order valence-electron chi connectivity index (χ1n) is 9.38. The third-order valence-corrected chi connectivity index (χ3v) is 6.65. The number of unbranched alkanes of at least 4 members (excludes halogenated alkanes) is 1. The van der Waals surface area contributed by atoms with Gasteiger partial charge in [0.25, 0.3) is 0 Å². The summed E-state index contributed by atoms with van der Waals surface area (Å²) in [4.78, 5) is 20.4. The maximum Gasteiger partial charge on any atom is 0.248 e. The van der Waals surface area contributed by atoms with Crippen LogP contribution in [0.3, 0.4) is 0 Å². The number of nitrogens with zero attached hydrogens (tertiary/aromatic N) is 4. The number of aromatic nitrogens is 1. The van der Waals surface area contributed by atoms with Gasteiger partial charge in [0.15, 0.2) is 5.82 Å². The standard InChI is InChI=1S/C20H26N4O3S/c1-4-5-13-22(3)19(25)14-23-15-24(17-10-8-16(2)9-11-17)20-18(28(23,26)27)7-6-12-21-20/h6-12H,4-5,13-15H2,1-3H3. The van der Waals surface area contributed by atoms with E-state index >= 15 is 0 Å². The van der Waals surface area contributed by atoms with Crippen LogP contribution in [-0.4, -0.2) is 55.3 Å². The van der Waals surface area contributed by atoms with Crippen LogP contribution < -0.4 is 4.90 Å². The van der Waals surface area contributed by atoms with Crippen molar-refractivity contribution in [2.45, 2.75) is 31.6 Å².